The summed E-state index contributed by atoms with van der Waals surface area (Å²) in [6.45, 7) is 7.92. The van der Waals surface area contributed by atoms with Crippen LogP contribution in [0.4, 0.5) is 0 Å². The number of hydrogen-bond acceptors (Lipinski definition) is 11. The molecule has 0 spiro atoms. The molecule has 3 heterocycles. The Kier molecular flexibility index (Phi) is 10.6. The Morgan fingerprint density at radius 3 is 2.34 bits per heavy atom. The number of esters is 2. The van der Waals surface area contributed by atoms with Crippen LogP contribution in [0.25, 0.3) is 0 Å². The molecule has 2 fully saturated rings. The molecule has 252 valence electrons. The SMILES string of the molecule is CCN1CCN(N(C=O)C(C(=O)NC(OC(C)=O)C2=C(C(=O)OC(C)(C)C)N3C(=O)[C@@H](NC=O)[C@H]3SC2)c2ccccc2)C(=O)C1=O. The number of hydrazine groups is 1. The number of carbonyl (C=O) groups is 8. The van der Waals surface area contributed by atoms with Gasteiger partial charge in [0.15, 0.2) is 6.04 Å². The highest BCUT2D eigenvalue weighted by atomic mass is 32.2. The van der Waals surface area contributed by atoms with Gasteiger partial charge in [0.25, 0.3) is 11.8 Å². The molecule has 1 aromatic carbocycles. The summed E-state index contributed by atoms with van der Waals surface area (Å²) in [5, 5.41) is 5.99. The van der Waals surface area contributed by atoms with Crippen LogP contribution in [0.2, 0.25) is 0 Å². The van der Waals surface area contributed by atoms with E-state index in [0.29, 0.717) is 6.41 Å². The van der Waals surface area contributed by atoms with Crippen molar-refractivity contribution in [1.29, 1.82) is 0 Å². The third-order valence-corrected chi connectivity index (χ3v) is 8.70. The second-order valence-corrected chi connectivity index (χ2v) is 12.8. The monoisotopic (exact) mass is 672 g/mol. The third kappa shape index (κ3) is 7.24. The zero-order valence-electron chi connectivity index (χ0n) is 26.5. The fourth-order valence-electron chi connectivity index (χ4n) is 5.32. The zero-order chi connectivity index (χ0) is 34.6. The molecule has 0 bridgehead atoms. The summed E-state index contributed by atoms with van der Waals surface area (Å²) in [5.74, 6) is -5.26. The number of nitrogens with one attached hydrogen (secondary N) is 2. The summed E-state index contributed by atoms with van der Waals surface area (Å²) < 4.78 is 11.1. The Morgan fingerprint density at radius 2 is 1.77 bits per heavy atom. The van der Waals surface area contributed by atoms with Gasteiger partial charge in [-0.2, -0.15) is 0 Å². The van der Waals surface area contributed by atoms with Crippen LogP contribution in [0, 0.1) is 0 Å². The van der Waals surface area contributed by atoms with Crippen LogP contribution >= 0.6 is 11.8 Å². The highest BCUT2D eigenvalue weighted by Gasteiger charge is 2.55. The molecule has 1 aromatic rings. The van der Waals surface area contributed by atoms with Crippen molar-refractivity contribution in [2.45, 2.75) is 63.9 Å². The van der Waals surface area contributed by atoms with Gasteiger partial charge in [0.1, 0.15) is 22.7 Å². The minimum Gasteiger partial charge on any atom is -0.455 e. The van der Waals surface area contributed by atoms with E-state index < -0.39 is 64.9 Å². The van der Waals surface area contributed by atoms with Gasteiger partial charge in [-0.3, -0.25) is 38.5 Å². The van der Waals surface area contributed by atoms with Gasteiger partial charge in [0.05, 0.1) is 6.54 Å². The number of likely N-dealkylation sites (N-methyl/N-ethyl adjacent to an activating group) is 1. The minimum absolute atomic E-state index is 0.00855. The molecule has 0 aromatic heterocycles. The molecule has 17 heteroatoms. The van der Waals surface area contributed by atoms with Crippen molar-refractivity contribution < 1.29 is 47.8 Å². The first-order valence-corrected chi connectivity index (χ1v) is 15.8. The van der Waals surface area contributed by atoms with E-state index in [1.807, 2.05) is 0 Å². The maximum Gasteiger partial charge on any atom is 0.355 e. The Labute approximate surface area is 274 Å². The molecule has 0 radical (unpaired) electrons. The fourth-order valence-corrected chi connectivity index (χ4v) is 6.70. The van der Waals surface area contributed by atoms with E-state index in [1.54, 1.807) is 45.9 Å². The average molecular weight is 673 g/mol. The minimum atomic E-state index is -1.64. The number of hydrogen-bond donors (Lipinski definition) is 2. The van der Waals surface area contributed by atoms with Crippen LogP contribution in [-0.4, -0.2) is 117 Å². The van der Waals surface area contributed by atoms with Crippen LogP contribution in [0.3, 0.4) is 0 Å². The number of piperazine rings is 1. The largest absolute Gasteiger partial charge is 0.455 e. The van der Waals surface area contributed by atoms with Crippen LogP contribution in [-0.2, 0) is 47.8 Å². The molecule has 3 aliphatic heterocycles. The zero-order valence-corrected chi connectivity index (χ0v) is 27.3. The summed E-state index contributed by atoms with van der Waals surface area (Å²) in [4.78, 5) is 105. The number of benzene rings is 1. The van der Waals surface area contributed by atoms with Crippen molar-refractivity contribution in [2.24, 2.45) is 0 Å². The van der Waals surface area contributed by atoms with Gasteiger partial charge in [-0.25, -0.2) is 14.8 Å². The highest BCUT2D eigenvalue weighted by molar-refractivity contribution is 8.00. The lowest BCUT2D eigenvalue weighted by Crippen LogP contribution is -2.70. The molecule has 2 unspecified atom stereocenters. The number of β-lactam (4-membered cyclic amide) rings is 1. The Morgan fingerprint density at radius 1 is 1.09 bits per heavy atom. The summed E-state index contributed by atoms with van der Waals surface area (Å²) in [6, 6.07) is 5.47. The molecular weight excluding hydrogens is 636 g/mol. The van der Waals surface area contributed by atoms with E-state index in [9.17, 15) is 38.4 Å². The molecule has 3 aliphatic rings. The average Bonchev–Trinajstić information content (AvgIpc) is 3.02. The summed E-state index contributed by atoms with van der Waals surface area (Å²) in [7, 11) is 0. The predicted molar refractivity (Wildman–Crippen MR) is 164 cm³/mol. The Bertz CT molecular complexity index is 1500. The van der Waals surface area contributed by atoms with Crippen molar-refractivity contribution in [3.05, 3.63) is 47.2 Å². The van der Waals surface area contributed by atoms with Gasteiger partial charge < -0.3 is 25.0 Å². The molecule has 2 saturated heterocycles. The van der Waals surface area contributed by atoms with E-state index in [1.165, 1.54) is 17.0 Å². The van der Waals surface area contributed by atoms with Crippen molar-refractivity contribution in [3.8, 4) is 0 Å². The van der Waals surface area contributed by atoms with E-state index in [-0.39, 0.29) is 48.6 Å². The predicted octanol–water partition coefficient (Wildman–Crippen LogP) is -0.577. The first-order chi connectivity index (χ1) is 22.2. The smallest absolute Gasteiger partial charge is 0.355 e. The summed E-state index contributed by atoms with van der Waals surface area (Å²) in [5.41, 5.74) is -1.02. The number of rotatable bonds is 12. The second-order valence-electron chi connectivity index (χ2n) is 11.7. The maximum absolute atomic E-state index is 14.2. The second kappa shape index (κ2) is 14.2. The van der Waals surface area contributed by atoms with Gasteiger partial charge in [-0.15, -0.1) is 11.8 Å². The molecule has 4 rings (SSSR count). The van der Waals surface area contributed by atoms with Crippen molar-refractivity contribution in [2.75, 3.05) is 25.4 Å². The summed E-state index contributed by atoms with van der Waals surface area (Å²) >= 11 is 1.15. The van der Waals surface area contributed by atoms with Gasteiger partial charge in [-0.05, 0) is 33.3 Å². The Balaban J connectivity index is 1.77. The van der Waals surface area contributed by atoms with Crippen molar-refractivity contribution in [3.63, 3.8) is 0 Å². The fraction of sp³-hybridized carbons (Fsp3) is 0.467. The lowest BCUT2D eigenvalue weighted by molar-refractivity contribution is -0.177. The number of carbonyl (C=O) groups excluding carboxylic acids is 8. The first kappa shape index (κ1) is 34.9. The van der Waals surface area contributed by atoms with Gasteiger partial charge >= 0.3 is 23.8 Å². The van der Waals surface area contributed by atoms with Crippen molar-refractivity contribution in [1.82, 2.24) is 30.5 Å². The van der Waals surface area contributed by atoms with Gasteiger partial charge in [0, 0.05) is 31.3 Å². The third-order valence-electron chi connectivity index (χ3n) is 7.39. The lowest BCUT2D eigenvalue weighted by Gasteiger charge is -2.50. The molecule has 0 aliphatic carbocycles. The van der Waals surface area contributed by atoms with Gasteiger partial charge in [-0.1, -0.05) is 30.3 Å². The molecule has 6 amide bonds. The number of ether oxygens (including phenoxy) is 2. The van der Waals surface area contributed by atoms with Crippen LogP contribution in [0.5, 0.6) is 0 Å². The highest BCUT2D eigenvalue weighted by Crippen LogP contribution is 2.42. The maximum atomic E-state index is 14.2. The molecule has 47 heavy (non-hydrogen) atoms. The number of thioether (sulfide) groups is 1. The quantitative estimate of drug-likeness (QED) is 0.0950. The topological polar surface area (TPSA) is 192 Å². The Hall–Kier alpha value is -4.93. The van der Waals surface area contributed by atoms with E-state index in [0.717, 1.165) is 33.6 Å². The van der Waals surface area contributed by atoms with Crippen LogP contribution < -0.4 is 10.6 Å². The molecule has 16 nitrogen and oxygen atoms in total. The molecule has 0 saturated carbocycles. The molecule has 2 N–H and O–H groups in total. The number of amides is 6. The number of nitrogens with zero attached hydrogens (tertiary/aromatic N) is 4. The normalized spacial score (nSPS) is 20.8. The van der Waals surface area contributed by atoms with E-state index >= 15 is 0 Å². The van der Waals surface area contributed by atoms with Gasteiger partial charge in [0.2, 0.25) is 19.0 Å². The van der Waals surface area contributed by atoms with Crippen LogP contribution in [0.1, 0.15) is 46.2 Å². The molecular formula is C30H36N6O10S. The van der Waals surface area contributed by atoms with E-state index in [2.05, 4.69) is 10.6 Å². The lowest BCUT2D eigenvalue weighted by atomic mass is 10.0. The number of fused-ring (bicyclic) bond motifs is 1. The van der Waals surface area contributed by atoms with Crippen LogP contribution in [0.15, 0.2) is 41.6 Å². The summed E-state index contributed by atoms with van der Waals surface area (Å²) in [6.07, 6.45) is -1.02. The van der Waals surface area contributed by atoms with Crippen molar-refractivity contribution >= 4 is 60.1 Å². The molecule has 4 atom stereocenters. The standard InChI is InChI=1S/C30H36N6O10S/c1-6-33-12-13-34(27(43)26(33)42)35(16-38)21(18-10-8-7-9-11-18)23(40)32-24(45-17(2)39)19-14-47-28-20(31-15-37)25(41)36(28)22(19)29(44)46-30(3,4)5/h7-11,15-16,20-21,24,28H,6,12-14H2,1-5H3,(H,31,37)(H,32,40)/t20-,21?,24?,28-/m1/s1. The van der Waals surface area contributed by atoms with E-state index in [4.69, 9.17) is 9.47 Å². The first-order valence-electron chi connectivity index (χ1n) is 14.7.